The van der Waals surface area contributed by atoms with Crippen molar-refractivity contribution in [3.63, 3.8) is 0 Å². The molecule has 1 aliphatic carbocycles. The molecule has 3 aromatic rings. The molecule has 1 aromatic heterocycles. The predicted octanol–water partition coefficient (Wildman–Crippen LogP) is 4.43. The lowest BCUT2D eigenvalue weighted by atomic mass is 9.69. The molecule has 1 aliphatic rings. The number of hydrogen-bond acceptors (Lipinski definition) is 1. The van der Waals surface area contributed by atoms with Gasteiger partial charge in [0.2, 0.25) is 0 Å². The number of aromatic amines is 1. The maximum absolute atomic E-state index is 9.94. The fourth-order valence-corrected chi connectivity index (χ4v) is 3.68. The van der Waals surface area contributed by atoms with Crippen LogP contribution >= 0.6 is 0 Å². The average Bonchev–Trinajstić information content (AvgIpc) is 2.93. The van der Waals surface area contributed by atoms with E-state index in [1.807, 2.05) is 0 Å². The zero-order valence-corrected chi connectivity index (χ0v) is 12.7. The number of rotatable bonds is 1. The molecule has 2 heteroatoms. The highest BCUT2D eigenvalue weighted by Crippen LogP contribution is 2.40. The van der Waals surface area contributed by atoms with E-state index < -0.39 is 5.41 Å². The first-order chi connectivity index (χ1) is 10.7. The molecule has 0 amide bonds. The first-order valence-corrected chi connectivity index (χ1v) is 7.79. The summed E-state index contributed by atoms with van der Waals surface area (Å²) in [6.45, 7) is 2.08. The fraction of sp³-hybridized carbons (Fsp3) is 0.250. The number of fused-ring (bicyclic) bond motifs is 3. The highest BCUT2D eigenvalue weighted by Gasteiger charge is 2.37. The Morgan fingerprint density at radius 3 is 2.64 bits per heavy atom. The van der Waals surface area contributed by atoms with Gasteiger partial charge in [0.05, 0.1) is 11.5 Å². The van der Waals surface area contributed by atoms with E-state index in [-0.39, 0.29) is 0 Å². The van der Waals surface area contributed by atoms with Crippen LogP contribution in [-0.4, -0.2) is 4.98 Å². The first kappa shape index (κ1) is 13.2. The Bertz CT molecular complexity index is 880. The maximum Gasteiger partial charge on any atom is 0.0867 e. The quantitative estimate of drug-likeness (QED) is 0.706. The van der Waals surface area contributed by atoms with Gasteiger partial charge in [0.25, 0.3) is 0 Å². The molecule has 1 heterocycles. The molecule has 1 unspecified atom stereocenters. The summed E-state index contributed by atoms with van der Waals surface area (Å²) >= 11 is 0. The van der Waals surface area contributed by atoms with Crippen molar-refractivity contribution < 1.29 is 0 Å². The van der Waals surface area contributed by atoms with E-state index in [2.05, 4.69) is 66.5 Å². The largest absolute Gasteiger partial charge is 0.358 e. The predicted molar refractivity (Wildman–Crippen MR) is 88.8 cm³/mol. The van der Waals surface area contributed by atoms with Crippen LogP contribution in [0.25, 0.3) is 10.9 Å². The number of benzene rings is 2. The molecule has 2 aromatic carbocycles. The standard InChI is InChI=1S/C20H18N2/c1-14-6-8-15(9-7-14)20(13-21)11-10-19-17(12-20)16-4-2-3-5-18(16)22-19/h2-9,22H,10-12H2,1H3. The lowest BCUT2D eigenvalue weighted by molar-refractivity contribution is 0.471. The Morgan fingerprint density at radius 1 is 1.09 bits per heavy atom. The normalized spacial score (nSPS) is 20.5. The van der Waals surface area contributed by atoms with Gasteiger partial charge in [0, 0.05) is 16.6 Å². The highest BCUT2D eigenvalue weighted by atomic mass is 14.7. The summed E-state index contributed by atoms with van der Waals surface area (Å²) in [7, 11) is 0. The third kappa shape index (κ3) is 1.86. The van der Waals surface area contributed by atoms with Crippen molar-refractivity contribution in [1.29, 1.82) is 5.26 Å². The van der Waals surface area contributed by atoms with Crippen molar-refractivity contribution in [2.45, 2.75) is 31.6 Å². The Morgan fingerprint density at radius 2 is 1.86 bits per heavy atom. The van der Waals surface area contributed by atoms with Crippen LogP contribution in [0.1, 0.15) is 28.8 Å². The van der Waals surface area contributed by atoms with Crippen molar-refractivity contribution in [1.82, 2.24) is 4.98 Å². The van der Waals surface area contributed by atoms with Gasteiger partial charge in [0.1, 0.15) is 0 Å². The van der Waals surface area contributed by atoms with Crippen molar-refractivity contribution in [3.8, 4) is 6.07 Å². The molecule has 0 saturated carbocycles. The zero-order chi connectivity index (χ0) is 15.2. The Hall–Kier alpha value is -2.53. The fourth-order valence-electron chi connectivity index (χ4n) is 3.68. The van der Waals surface area contributed by atoms with Crippen LogP contribution in [-0.2, 0) is 18.3 Å². The molecular formula is C20H18N2. The monoisotopic (exact) mass is 286 g/mol. The molecule has 0 radical (unpaired) electrons. The SMILES string of the molecule is Cc1ccc(C2(C#N)CCc3[nH]c4ccccc4c3C2)cc1. The number of nitrogens with one attached hydrogen (secondary N) is 1. The summed E-state index contributed by atoms with van der Waals surface area (Å²) in [6, 6.07) is 19.5. The molecule has 0 aliphatic heterocycles. The van der Waals surface area contributed by atoms with Crippen molar-refractivity contribution >= 4 is 10.9 Å². The molecule has 1 atom stereocenters. The molecule has 0 bridgehead atoms. The topological polar surface area (TPSA) is 39.6 Å². The summed E-state index contributed by atoms with van der Waals surface area (Å²) in [5.41, 5.74) is 5.80. The number of para-hydroxylation sites is 1. The molecule has 0 spiro atoms. The summed E-state index contributed by atoms with van der Waals surface area (Å²) in [5.74, 6) is 0. The summed E-state index contributed by atoms with van der Waals surface area (Å²) in [4.78, 5) is 3.53. The second-order valence-electron chi connectivity index (χ2n) is 6.36. The molecular weight excluding hydrogens is 268 g/mol. The van der Waals surface area contributed by atoms with Crippen molar-refractivity contribution in [2.24, 2.45) is 0 Å². The van der Waals surface area contributed by atoms with Gasteiger partial charge in [0.15, 0.2) is 0 Å². The average molecular weight is 286 g/mol. The van der Waals surface area contributed by atoms with Gasteiger partial charge in [-0.05, 0) is 43.4 Å². The van der Waals surface area contributed by atoms with Crippen LogP contribution < -0.4 is 0 Å². The summed E-state index contributed by atoms with van der Waals surface area (Å²) < 4.78 is 0. The lowest BCUT2D eigenvalue weighted by Crippen LogP contribution is -2.31. The lowest BCUT2D eigenvalue weighted by Gasteiger charge is -2.31. The second-order valence-corrected chi connectivity index (χ2v) is 6.36. The number of aryl methyl sites for hydroxylation is 2. The maximum atomic E-state index is 9.94. The first-order valence-electron chi connectivity index (χ1n) is 7.79. The van der Waals surface area contributed by atoms with E-state index in [0.717, 1.165) is 24.8 Å². The van der Waals surface area contributed by atoms with Gasteiger partial charge >= 0.3 is 0 Å². The summed E-state index contributed by atoms with van der Waals surface area (Å²) in [6.07, 6.45) is 2.61. The van der Waals surface area contributed by atoms with Crippen LogP contribution in [0.5, 0.6) is 0 Å². The van der Waals surface area contributed by atoms with Gasteiger partial charge in [-0.15, -0.1) is 0 Å². The van der Waals surface area contributed by atoms with E-state index in [9.17, 15) is 5.26 Å². The molecule has 1 N–H and O–H groups in total. The molecule has 0 saturated heterocycles. The number of hydrogen-bond donors (Lipinski definition) is 1. The molecule has 108 valence electrons. The minimum absolute atomic E-state index is 0.397. The van der Waals surface area contributed by atoms with E-state index in [0.29, 0.717) is 0 Å². The number of H-pyrrole nitrogens is 1. The third-order valence-corrected chi connectivity index (χ3v) is 5.00. The van der Waals surface area contributed by atoms with Crippen molar-refractivity contribution in [2.75, 3.05) is 0 Å². The van der Waals surface area contributed by atoms with Crippen LogP contribution in [0.2, 0.25) is 0 Å². The zero-order valence-electron chi connectivity index (χ0n) is 12.7. The Labute approximate surface area is 130 Å². The van der Waals surface area contributed by atoms with Gasteiger partial charge in [-0.2, -0.15) is 5.26 Å². The third-order valence-electron chi connectivity index (χ3n) is 5.00. The molecule has 22 heavy (non-hydrogen) atoms. The Kier molecular flexibility index (Phi) is 2.84. The van der Waals surface area contributed by atoms with Gasteiger partial charge < -0.3 is 4.98 Å². The number of nitriles is 1. The highest BCUT2D eigenvalue weighted by molar-refractivity contribution is 5.85. The van der Waals surface area contributed by atoms with E-state index >= 15 is 0 Å². The molecule has 4 rings (SSSR count). The van der Waals surface area contributed by atoms with E-state index in [1.165, 1.54) is 27.7 Å². The van der Waals surface area contributed by atoms with Gasteiger partial charge in [-0.3, -0.25) is 0 Å². The molecule has 0 fully saturated rings. The minimum Gasteiger partial charge on any atom is -0.358 e. The van der Waals surface area contributed by atoms with Crippen LogP contribution in [0, 0.1) is 18.3 Å². The van der Waals surface area contributed by atoms with Crippen LogP contribution in [0.4, 0.5) is 0 Å². The van der Waals surface area contributed by atoms with Crippen LogP contribution in [0.15, 0.2) is 48.5 Å². The van der Waals surface area contributed by atoms with Gasteiger partial charge in [-0.25, -0.2) is 0 Å². The smallest absolute Gasteiger partial charge is 0.0867 e. The molecule has 2 nitrogen and oxygen atoms in total. The van der Waals surface area contributed by atoms with Gasteiger partial charge in [-0.1, -0.05) is 48.0 Å². The van der Waals surface area contributed by atoms with E-state index in [4.69, 9.17) is 0 Å². The summed E-state index contributed by atoms with van der Waals surface area (Å²) in [5, 5.41) is 11.2. The van der Waals surface area contributed by atoms with Crippen molar-refractivity contribution in [3.05, 3.63) is 70.9 Å². The van der Waals surface area contributed by atoms with E-state index in [1.54, 1.807) is 0 Å². The second kappa shape index (κ2) is 4.74. The minimum atomic E-state index is -0.397. The number of nitrogens with zero attached hydrogens (tertiary/aromatic N) is 1. The Balaban J connectivity index is 1.85. The van der Waals surface area contributed by atoms with Crippen LogP contribution in [0.3, 0.4) is 0 Å². The number of aromatic nitrogens is 1.